The summed E-state index contributed by atoms with van der Waals surface area (Å²) < 4.78 is 5.14. The molecule has 20 heavy (non-hydrogen) atoms. The summed E-state index contributed by atoms with van der Waals surface area (Å²) in [7, 11) is 1.49. The maximum Gasteiger partial charge on any atom is 0.330 e. The van der Waals surface area contributed by atoms with Crippen LogP contribution in [0.15, 0.2) is 18.2 Å². The fraction of sp³-hybridized carbons (Fsp3) is 0.588. The van der Waals surface area contributed by atoms with E-state index in [9.17, 15) is 4.79 Å². The highest BCUT2D eigenvalue weighted by Gasteiger charge is 2.47. The number of aryl methyl sites for hydroxylation is 2. The molecule has 1 aromatic carbocycles. The van der Waals surface area contributed by atoms with Crippen molar-refractivity contribution in [2.75, 3.05) is 7.11 Å². The van der Waals surface area contributed by atoms with Gasteiger partial charge in [-0.15, -0.1) is 0 Å². The zero-order chi connectivity index (χ0) is 14.2. The van der Waals surface area contributed by atoms with E-state index in [2.05, 4.69) is 30.4 Å². The molecule has 0 saturated heterocycles. The number of carbonyl (C=O) groups excluding carboxylic acids is 1. The van der Waals surface area contributed by atoms with E-state index in [0.717, 1.165) is 18.4 Å². The summed E-state index contributed by atoms with van der Waals surface area (Å²) in [6.07, 6.45) is 6.62. The average Bonchev–Trinajstić information content (AvgIpc) is 3.07. The Hall–Kier alpha value is -1.35. The van der Waals surface area contributed by atoms with Crippen LogP contribution in [0.4, 0.5) is 0 Å². The summed E-state index contributed by atoms with van der Waals surface area (Å²) in [6, 6.07) is 6.88. The van der Waals surface area contributed by atoms with Crippen LogP contribution in [-0.2, 0) is 21.5 Å². The Morgan fingerprint density at radius 1 is 1.35 bits per heavy atom. The van der Waals surface area contributed by atoms with E-state index >= 15 is 0 Å². The van der Waals surface area contributed by atoms with Crippen molar-refractivity contribution in [3.05, 3.63) is 34.9 Å². The highest BCUT2D eigenvalue weighted by atomic mass is 16.5. The molecule has 0 aliphatic heterocycles. The van der Waals surface area contributed by atoms with Gasteiger partial charge in [-0.25, -0.2) is 4.79 Å². The zero-order valence-electron chi connectivity index (χ0n) is 12.4. The fourth-order valence-corrected chi connectivity index (χ4v) is 3.78. The van der Waals surface area contributed by atoms with Crippen molar-refractivity contribution in [1.82, 2.24) is 5.32 Å². The third kappa shape index (κ3) is 2.14. The van der Waals surface area contributed by atoms with Crippen LogP contribution in [0, 0.1) is 6.92 Å². The van der Waals surface area contributed by atoms with Gasteiger partial charge in [-0.3, -0.25) is 5.32 Å². The predicted molar refractivity (Wildman–Crippen MR) is 78.6 cm³/mol. The van der Waals surface area contributed by atoms with Crippen molar-refractivity contribution in [3.8, 4) is 0 Å². The number of hydrogen-bond donors (Lipinski definition) is 1. The summed E-state index contributed by atoms with van der Waals surface area (Å²) in [4.78, 5) is 12.5. The summed E-state index contributed by atoms with van der Waals surface area (Å²) in [5, 5.41) is 3.65. The molecule has 1 unspecified atom stereocenters. The molecule has 0 radical (unpaired) electrons. The first-order chi connectivity index (χ1) is 9.65. The normalized spacial score (nSPS) is 25.7. The standard InChI is InChI=1S/C17H23NO2/c1-12-7-8-13-9-10-17(15(13)11-12,16(19)20-2)18-14-5-3-4-6-14/h7-8,11,14,18H,3-6,9-10H2,1-2H3. The second-order valence-corrected chi connectivity index (χ2v) is 6.18. The predicted octanol–water partition coefficient (Wildman–Crippen LogP) is 2.84. The number of methoxy groups -OCH3 is 1. The molecule has 1 fully saturated rings. The van der Waals surface area contributed by atoms with Gasteiger partial charge in [-0.2, -0.15) is 0 Å². The van der Waals surface area contributed by atoms with Crippen LogP contribution in [0.1, 0.15) is 48.8 Å². The minimum absolute atomic E-state index is 0.131. The molecule has 0 spiro atoms. The molecule has 0 heterocycles. The number of esters is 1. The Morgan fingerprint density at radius 3 is 2.80 bits per heavy atom. The lowest BCUT2D eigenvalue weighted by Gasteiger charge is -2.32. The van der Waals surface area contributed by atoms with Crippen molar-refractivity contribution in [3.63, 3.8) is 0 Å². The van der Waals surface area contributed by atoms with E-state index in [1.54, 1.807) is 0 Å². The van der Waals surface area contributed by atoms with E-state index in [1.165, 1.54) is 43.9 Å². The van der Waals surface area contributed by atoms with Crippen LogP contribution in [0.25, 0.3) is 0 Å². The molecule has 1 saturated carbocycles. The molecule has 3 rings (SSSR count). The van der Waals surface area contributed by atoms with Crippen LogP contribution in [-0.4, -0.2) is 19.1 Å². The molecule has 3 heteroatoms. The molecule has 108 valence electrons. The molecule has 2 aliphatic rings. The summed E-state index contributed by atoms with van der Waals surface area (Å²) in [5.41, 5.74) is 3.00. The van der Waals surface area contributed by atoms with E-state index in [-0.39, 0.29) is 5.97 Å². The summed E-state index contributed by atoms with van der Waals surface area (Å²) in [6.45, 7) is 2.08. The van der Waals surface area contributed by atoms with Gasteiger partial charge in [0.05, 0.1) is 7.11 Å². The van der Waals surface area contributed by atoms with E-state index in [1.807, 2.05) is 0 Å². The molecule has 1 atom stereocenters. The first-order valence-electron chi connectivity index (χ1n) is 7.62. The van der Waals surface area contributed by atoms with Crippen LogP contribution in [0.5, 0.6) is 0 Å². The van der Waals surface area contributed by atoms with Gasteiger partial charge in [-0.05, 0) is 43.7 Å². The average molecular weight is 273 g/mol. The smallest absolute Gasteiger partial charge is 0.330 e. The monoisotopic (exact) mass is 273 g/mol. The van der Waals surface area contributed by atoms with Crippen LogP contribution >= 0.6 is 0 Å². The first-order valence-corrected chi connectivity index (χ1v) is 7.62. The van der Waals surface area contributed by atoms with Crippen molar-refractivity contribution < 1.29 is 9.53 Å². The van der Waals surface area contributed by atoms with E-state index < -0.39 is 5.54 Å². The van der Waals surface area contributed by atoms with Gasteiger partial charge < -0.3 is 4.74 Å². The number of nitrogens with one attached hydrogen (secondary N) is 1. The third-order valence-corrected chi connectivity index (χ3v) is 4.83. The van der Waals surface area contributed by atoms with Gasteiger partial charge in [-0.1, -0.05) is 36.6 Å². The fourth-order valence-electron chi connectivity index (χ4n) is 3.78. The van der Waals surface area contributed by atoms with Crippen molar-refractivity contribution >= 4 is 5.97 Å². The Kier molecular flexibility index (Phi) is 3.55. The second-order valence-electron chi connectivity index (χ2n) is 6.18. The molecular formula is C17H23NO2. The van der Waals surface area contributed by atoms with Gasteiger partial charge >= 0.3 is 5.97 Å². The van der Waals surface area contributed by atoms with Crippen LogP contribution in [0.3, 0.4) is 0 Å². The SMILES string of the molecule is COC(=O)C1(NC2CCCC2)CCc2ccc(C)cc21. The number of rotatable bonds is 3. The lowest BCUT2D eigenvalue weighted by atomic mass is 9.89. The molecule has 0 amide bonds. The third-order valence-electron chi connectivity index (χ3n) is 4.83. The molecule has 0 bridgehead atoms. The Bertz CT molecular complexity index is 520. The van der Waals surface area contributed by atoms with Gasteiger partial charge in [0, 0.05) is 6.04 Å². The molecule has 3 nitrogen and oxygen atoms in total. The van der Waals surface area contributed by atoms with Crippen LogP contribution < -0.4 is 5.32 Å². The number of benzene rings is 1. The molecule has 0 aromatic heterocycles. The summed E-state index contributed by atoms with van der Waals surface area (Å²) in [5.74, 6) is -0.131. The van der Waals surface area contributed by atoms with Gasteiger partial charge in [0.25, 0.3) is 0 Å². The number of carbonyl (C=O) groups is 1. The molecular weight excluding hydrogens is 250 g/mol. The van der Waals surface area contributed by atoms with Crippen molar-refractivity contribution in [2.24, 2.45) is 0 Å². The van der Waals surface area contributed by atoms with Gasteiger partial charge in [0.1, 0.15) is 5.54 Å². The first kappa shape index (κ1) is 13.6. The lowest BCUT2D eigenvalue weighted by molar-refractivity contribution is -0.149. The van der Waals surface area contributed by atoms with Gasteiger partial charge in [0.15, 0.2) is 0 Å². The number of hydrogen-bond acceptors (Lipinski definition) is 3. The zero-order valence-corrected chi connectivity index (χ0v) is 12.4. The maximum absolute atomic E-state index is 12.5. The maximum atomic E-state index is 12.5. The Balaban J connectivity index is 2.00. The molecule has 2 aliphatic carbocycles. The Morgan fingerprint density at radius 2 is 2.10 bits per heavy atom. The van der Waals surface area contributed by atoms with E-state index in [0.29, 0.717) is 6.04 Å². The minimum Gasteiger partial charge on any atom is -0.467 e. The largest absolute Gasteiger partial charge is 0.467 e. The minimum atomic E-state index is -0.620. The van der Waals surface area contributed by atoms with Crippen molar-refractivity contribution in [1.29, 1.82) is 0 Å². The Labute approximate surface area is 120 Å². The quantitative estimate of drug-likeness (QED) is 0.861. The molecule has 1 N–H and O–H groups in total. The highest BCUT2D eigenvalue weighted by Crippen LogP contribution is 2.40. The van der Waals surface area contributed by atoms with E-state index in [4.69, 9.17) is 4.74 Å². The lowest BCUT2D eigenvalue weighted by Crippen LogP contribution is -2.52. The van der Waals surface area contributed by atoms with Crippen LogP contribution in [0.2, 0.25) is 0 Å². The van der Waals surface area contributed by atoms with Crippen molar-refractivity contribution in [2.45, 2.75) is 57.0 Å². The molecule has 1 aromatic rings. The number of fused-ring (bicyclic) bond motifs is 1. The highest BCUT2D eigenvalue weighted by molar-refractivity contribution is 5.84. The summed E-state index contributed by atoms with van der Waals surface area (Å²) >= 11 is 0. The second kappa shape index (κ2) is 5.21. The topological polar surface area (TPSA) is 38.3 Å². The number of ether oxygens (including phenoxy) is 1. The van der Waals surface area contributed by atoms with Gasteiger partial charge in [0.2, 0.25) is 0 Å².